The van der Waals surface area contributed by atoms with E-state index in [-0.39, 0.29) is 12.2 Å². The van der Waals surface area contributed by atoms with Crippen molar-refractivity contribution in [3.8, 4) is 5.75 Å². The molecule has 1 heterocycles. The number of H-pyrrole nitrogens is 1. The number of rotatable bonds is 4. The number of nitrogens with one attached hydrogen (secondary N) is 1. The molecule has 100 valence electrons. The molecule has 0 fully saturated rings. The minimum Gasteiger partial charge on any atom is -0.496 e. The molecular weight excluding hydrogens is 248 g/mol. The van der Waals surface area contributed by atoms with E-state index in [1.54, 1.807) is 6.07 Å². The van der Waals surface area contributed by atoms with Gasteiger partial charge in [0.15, 0.2) is 0 Å². The molecule has 0 atom stereocenters. The lowest BCUT2D eigenvalue weighted by Crippen LogP contribution is -2.22. The fourth-order valence-electron chi connectivity index (χ4n) is 1.93. The highest BCUT2D eigenvalue weighted by Crippen LogP contribution is 2.20. The Hall–Kier alpha value is -2.50. The molecule has 0 saturated carbocycles. The average molecular weight is 262 g/mol. The molecule has 0 aliphatic heterocycles. The van der Waals surface area contributed by atoms with E-state index in [4.69, 9.17) is 9.84 Å². The Bertz CT molecular complexity index is 670. The van der Waals surface area contributed by atoms with Crippen LogP contribution in [-0.4, -0.2) is 27.7 Å². The van der Waals surface area contributed by atoms with Gasteiger partial charge in [-0.05, 0) is 13.0 Å². The van der Waals surface area contributed by atoms with Gasteiger partial charge >= 0.3 is 11.7 Å². The molecule has 0 aliphatic carbocycles. The summed E-state index contributed by atoms with van der Waals surface area (Å²) >= 11 is 0. The van der Waals surface area contributed by atoms with Crippen molar-refractivity contribution in [2.24, 2.45) is 0 Å². The van der Waals surface area contributed by atoms with E-state index in [0.29, 0.717) is 5.75 Å². The lowest BCUT2D eigenvalue weighted by Gasteiger charge is -2.10. The van der Waals surface area contributed by atoms with Crippen molar-refractivity contribution >= 4 is 5.97 Å². The first kappa shape index (κ1) is 12.9. The zero-order valence-corrected chi connectivity index (χ0v) is 10.6. The predicted octanol–water partition coefficient (Wildman–Crippen LogP) is 1.24. The molecule has 0 unspecified atom stereocenters. The third-order valence-electron chi connectivity index (χ3n) is 2.85. The summed E-state index contributed by atoms with van der Waals surface area (Å²) in [5.41, 5.74) is 1.23. The Morgan fingerprint density at radius 3 is 2.84 bits per heavy atom. The van der Waals surface area contributed by atoms with E-state index >= 15 is 0 Å². The van der Waals surface area contributed by atoms with Gasteiger partial charge in [0.25, 0.3) is 0 Å². The SMILES string of the molecule is COc1ccc(C)cc1Cn1c(C(=O)O)c[nH]c1=O. The van der Waals surface area contributed by atoms with Gasteiger partial charge in [-0.2, -0.15) is 0 Å². The Labute approximate surface area is 109 Å². The number of hydrogen-bond donors (Lipinski definition) is 2. The highest BCUT2D eigenvalue weighted by molar-refractivity contribution is 5.85. The van der Waals surface area contributed by atoms with Crippen molar-refractivity contribution < 1.29 is 14.6 Å². The second-order valence-electron chi connectivity index (χ2n) is 4.19. The molecule has 2 N–H and O–H groups in total. The minimum atomic E-state index is -1.15. The number of aryl methyl sites for hydroxylation is 1. The molecule has 6 heteroatoms. The smallest absolute Gasteiger partial charge is 0.354 e. The molecular formula is C13H14N2O4. The van der Waals surface area contributed by atoms with Crippen LogP contribution in [0, 0.1) is 6.92 Å². The normalized spacial score (nSPS) is 10.4. The molecule has 19 heavy (non-hydrogen) atoms. The number of carboxylic acid groups (broad SMARTS) is 1. The quantitative estimate of drug-likeness (QED) is 0.868. The summed E-state index contributed by atoms with van der Waals surface area (Å²) in [6.45, 7) is 2.07. The number of nitrogens with zero attached hydrogens (tertiary/aromatic N) is 1. The number of aromatic nitrogens is 2. The molecule has 0 radical (unpaired) electrons. The molecule has 2 aromatic rings. The molecule has 2 rings (SSSR count). The zero-order valence-electron chi connectivity index (χ0n) is 10.6. The Balaban J connectivity index is 2.47. The van der Waals surface area contributed by atoms with Crippen LogP contribution in [0.2, 0.25) is 0 Å². The van der Waals surface area contributed by atoms with E-state index in [0.717, 1.165) is 11.1 Å². The van der Waals surface area contributed by atoms with Gasteiger partial charge < -0.3 is 14.8 Å². The number of carbonyl (C=O) groups is 1. The number of methoxy groups -OCH3 is 1. The fraction of sp³-hybridized carbons (Fsp3) is 0.231. The molecule has 0 saturated heterocycles. The monoisotopic (exact) mass is 262 g/mol. The van der Waals surface area contributed by atoms with Gasteiger partial charge in [-0.25, -0.2) is 9.59 Å². The van der Waals surface area contributed by atoms with Crippen LogP contribution in [0.3, 0.4) is 0 Å². The molecule has 0 amide bonds. The largest absolute Gasteiger partial charge is 0.496 e. The molecule has 1 aromatic heterocycles. The zero-order chi connectivity index (χ0) is 14.0. The lowest BCUT2D eigenvalue weighted by molar-refractivity contribution is 0.0685. The van der Waals surface area contributed by atoms with Crippen molar-refractivity contribution in [2.45, 2.75) is 13.5 Å². The van der Waals surface area contributed by atoms with Crippen LogP contribution >= 0.6 is 0 Å². The van der Waals surface area contributed by atoms with E-state index in [1.807, 2.05) is 19.1 Å². The fourth-order valence-corrected chi connectivity index (χ4v) is 1.93. The summed E-state index contributed by atoms with van der Waals surface area (Å²) in [6.07, 6.45) is 1.19. The van der Waals surface area contributed by atoms with Gasteiger partial charge in [0.05, 0.1) is 13.7 Å². The van der Waals surface area contributed by atoms with Crippen LogP contribution < -0.4 is 10.4 Å². The van der Waals surface area contributed by atoms with Crippen LogP contribution in [0.5, 0.6) is 5.75 Å². The van der Waals surface area contributed by atoms with E-state index in [9.17, 15) is 9.59 Å². The molecule has 0 aliphatic rings. The van der Waals surface area contributed by atoms with Gasteiger partial charge in [-0.3, -0.25) is 4.57 Å². The average Bonchev–Trinajstić information content (AvgIpc) is 2.72. The van der Waals surface area contributed by atoms with Crippen molar-refractivity contribution in [3.63, 3.8) is 0 Å². The van der Waals surface area contributed by atoms with Crippen LogP contribution in [0.15, 0.2) is 29.2 Å². The summed E-state index contributed by atoms with van der Waals surface area (Å²) in [7, 11) is 1.53. The predicted molar refractivity (Wildman–Crippen MR) is 68.8 cm³/mol. The van der Waals surface area contributed by atoms with Crippen molar-refractivity contribution in [3.05, 3.63) is 51.7 Å². The summed E-state index contributed by atoms with van der Waals surface area (Å²) in [5, 5.41) is 9.03. The number of ether oxygens (including phenoxy) is 1. The number of aromatic amines is 1. The molecule has 0 spiro atoms. The summed E-state index contributed by atoms with van der Waals surface area (Å²) in [5.74, 6) is -0.528. The lowest BCUT2D eigenvalue weighted by atomic mass is 10.1. The maximum absolute atomic E-state index is 11.6. The number of imidazole rings is 1. The Morgan fingerprint density at radius 1 is 1.47 bits per heavy atom. The highest BCUT2D eigenvalue weighted by Gasteiger charge is 2.14. The van der Waals surface area contributed by atoms with Crippen molar-refractivity contribution in [1.29, 1.82) is 0 Å². The van der Waals surface area contributed by atoms with E-state index in [1.165, 1.54) is 17.9 Å². The number of aromatic carboxylic acids is 1. The molecule has 1 aromatic carbocycles. The van der Waals surface area contributed by atoms with E-state index in [2.05, 4.69) is 4.98 Å². The number of hydrogen-bond acceptors (Lipinski definition) is 3. The third-order valence-corrected chi connectivity index (χ3v) is 2.85. The second-order valence-corrected chi connectivity index (χ2v) is 4.19. The Kier molecular flexibility index (Phi) is 3.41. The first-order valence-corrected chi connectivity index (χ1v) is 5.68. The number of carboxylic acids is 1. The van der Waals surface area contributed by atoms with Crippen LogP contribution in [0.1, 0.15) is 21.6 Å². The van der Waals surface area contributed by atoms with E-state index < -0.39 is 11.7 Å². The maximum atomic E-state index is 11.6. The summed E-state index contributed by atoms with van der Waals surface area (Å²) in [6, 6.07) is 5.55. The van der Waals surface area contributed by atoms with Gasteiger partial charge in [0, 0.05) is 11.8 Å². The number of benzene rings is 1. The van der Waals surface area contributed by atoms with Crippen LogP contribution in [0.25, 0.3) is 0 Å². The van der Waals surface area contributed by atoms with Crippen LogP contribution in [-0.2, 0) is 6.54 Å². The van der Waals surface area contributed by atoms with Crippen molar-refractivity contribution in [1.82, 2.24) is 9.55 Å². The maximum Gasteiger partial charge on any atom is 0.354 e. The summed E-state index contributed by atoms with van der Waals surface area (Å²) < 4.78 is 6.38. The highest BCUT2D eigenvalue weighted by atomic mass is 16.5. The molecule has 0 bridgehead atoms. The second kappa shape index (κ2) is 5.01. The van der Waals surface area contributed by atoms with Gasteiger partial charge in [0.2, 0.25) is 0 Å². The van der Waals surface area contributed by atoms with Gasteiger partial charge in [-0.1, -0.05) is 17.7 Å². The topological polar surface area (TPSA) is 84.3 Å². The van der Waals surface area contributed by atoms with Gasteiger partial charge in [0.1, 0.15) is 11.4 Å². The van der Waals surface area contributed by atoms with Gasteiger partial charge in [-0.15, -0.1) is 0 Å². The molecule has 6 nitrogen and oxygen atoms in total. The minimum absolute atomic E-state index is 0.0754. The van der Waals surface area contributed by atoms with Crippen molar-refractivity contribution in [2.75, 3.05) is 7.11 Å². The first-order chi connectivity index (χ1) is 9.02. The Morgan fingerprint density at radius 2 is 2.21 bits per heavy atom. The standard InChI is InChI=1S/C13H14N2O4/c1-8-3-4-11(19-2)9(5-8)7-15-10(12(16)17)6-14-13(15)18/h3-6H,7H2,1-2H3,(H,14,18)(H,16,17). The first-order valence-electron chi connectivity index (χ1n) is 5.68. The van der Waals surface area contributed by atoms with Crippen LogP contribution in [0.4, 0.5) is 0 Å². The third kappa shape index (κ3) is 2.52. The summed E-state index contributed by atoms with van der Waals surface area (Å²) in [4.78, 5) is 25.0.